The summed E-state index contributed by atoms with van der Waals surface area (Å²) in [5.74, 6) is -1.00. The molecule has 0 N–H and O–H groups in total. The van der Waals surface area contributed by atoms with E-state index < -0.39 is 44.1 Å². The van der Waals surface area contributed by atoms with Gasteiger partial charge in [-0.2, -0.15) is 8.61 Å². The van der Waals surface area contributed by atoms with Crippen LogP contribution in [0.1, 0.15) is 59.7 Å². The number of carbonyl (C=O) groups excluding carboxylic acids is 1. The standard InChI is InChI=1S/C36H37ClN2O5S2/c1-4-26-11-13-28(14-12-26)33-22-35(40)31-23-38(46(43,44)36-8-6-5-7-25(36)3)32(27-15-17-29(37)18-16-27)21-34(31)39(33)45(41,42)30-19-9-24(2)10-20-30/h5-20,31-34H,4,21-23H2,1-3H3/t31-,32+,33+,34+/m1/s1. The molecule has 0 bridgehead atoms. The van der Waals surface area contributed by atoms with Gasteiger partial charge in [0.2, 0.25) is 20.0 Å². The third kappa shape index (κ3) is 5.95. The van der Waals surface area contributed by atoms with Crippen LogP contribution in [0, 0.1) is 19.8 Å². The van der Waals surface area contributed by atoms with Crippen LogP contribution in [0.2, 0.25) is 5.02 Å². The fraction of sp³-hybridized carbons (Fsp3) is 0.306. The summed E-state index contributed by atoms with van der Waals surface area (Å²) in [7, 11) is -8.20. The van der Waals surface area contributed by atoms with E-state index in [2.05, 4.69) is 0 Å². The Morgan fingerprint density at radius 3 is 2.00 bits per heavy atom. The van der Waals surface area contributed by atoms with Crippen LogP contribution in [0.15, 0.2) is 107 Å². The summed E-state index contributed by atoms with van der Waals surface area (Å²) in [5.41, 5.74) is 4.03. The maximum absolute atomic E-state index is 14.7. The van der Waals surface area contributed by atoms with Gasteiger partial charge in [-0.3, -0.25) is 4.79 Å². The van der Waals surface area contributed by atoms with E-state index in [4.69, 9.17) is 11.6 Å². The van der Waals surface area contributed by atoms with Crippen molar-refractivity contribution in [1.82, 2.24) is 8.61 Å². The van der Waals surface area contributed by atoms with Gasteiger partial charge >= 0.3 is 0 Å². The van der Waals surface area contributed by atoms with Crippen molar-refractivity contribution in [3.05, 3.63) is 130 Å². The van der Waals surface area contributed by atoms with Gasteiger partial charge in [0.15, 0.2) is 0 Å². The second kappa shape index (κ2) is 12.7. The van der Waals surface area contributed by atoms with Crippen molar-refractivity contribution < 1.29 is 21.6 Å². The van der Waals surface area contributed by atoms with Crippen LogP contribution in [0.4, 0.5) is 0 Å². The van der Waals surface area contributed by atoms with Crippen molar-refractivity contribution in [2.24, 2.45) is 5.92 Å². The molecular formula is C36H37ClN2O5S2. The molecule has 0 spiro atoms. The van der Waals surface area contributed by atoms with Crippen LogP contribution in [0.3, 0.4) is 0 Å². The summed E-state index contributed by atoms with van der Waals surface area (Å²) in [6, 6.07) is 25.9. The number of sulfonamides is 2. The van der Waals surface area contributed by atoms with Gasteiger partial charge < -0.3 is 0 Å². The van der Waals surface area contributed by atoms with E-state index in [9.17, 15) is 21.6 Å². The first kappa shape index (κ1) is 32.6. The minimum atomic E-state index is -4.12. The van der Waals surface area contributed by atoms with Crippen molar-refractivity contribution >= 4 is 37.4 Å². The van der Waals surface area contributed by atoms with Gasteiger partial charge in [-0.15, -0.1) is 0 Å². The van der Waals surface area contributed by atoms with E-state index in [-0.39, 0.29) is 35.0 Å². The van der Waals surface area contributed by atoms with Gasteiger partial charge in [0, 0.05) is 29.9 Å². The molecule has 0 amide bonds. The molecule has 2 fully saturated rings. The Labute approximate surface area is 276 Å². The van der Waals surface area contributed by atoms with Crippen molar-refractivity contribution in [3.63, 3.8) is 0 Å². The number of nitrogens with zero attached hydrogens (tertiary/aromatic N) is 2. The van der Waals surface area contributed by atoms with E-state index in [0.717, 1.165) is 23.1 Å². The topological polar surface area (TPSA) is 91.8 Å². The number of piperidine rings is 2. The van der Waals surface area contributed by atoms with Crippen LogP contribution in [0.25, 0.3) is 0 Å². The summed E-state index contributed by atoms with van der Waals surface area (Å²) in [5, 5.41) is 0.498. The maximum atomic E-state index is 14.7. The Morgan fingerprint density at radius 1 is 0.761 bits per heavy atom. The molecule has 0 unspecified atom stereocenters. The predicted octanol–water partition coefficient (Wildman–Crippen LogP) is 7.04. The second-order valence-corrected chi connectivity index (χ2v) is 16.4. The highest BCUT2D eigenvalue weighted by atomic mass is 35.5. The number of aryl methyl sites for hydroxylation is 3. The number of hydrogen-bond acceptors (Lipinski definition) is 5. The largest absolute Gasteiger partial charge is 0.299 e. The molecule has 2 saturated heterocycles. The van der Waals surface area contributed by atoms with Crippen molar-refractivity contribution in [1.29, 1.82) is 0 Å². The highest BCUT2D eigenvalue weighted by Gasteiger charge is 2.54. The summed E-state index contributed by atoms with van der Waals surface area (Å²) in [4.78, 5) is 14.4. The molecule has 240 valence electrons. The van der Waals surface area contributed by atoms with E-state index in [1.54, 1.807) is 79.7 Å². The van der Waals surface area contributed by atoms with Crippen LogP contribution in [0.5, 0.6) is 0 Å². The maximum Gasteiger partial charge on any atom is 0.243 e. The normalized spacial score (nSPS) is 22.8. The Kier molecular flexibility index (Phi) is 8.99. The Hall–Kier alpha value is -3.34. The summed E-state index contributed by atoms with van der Waals surface area (Å²) < 4.78 is 61.0. The molecule has 0 radical (unpaired) electrons. The molecule has 0 aliphatic carbocycles. The average Bonchev–Trinajstić information content (AvgIpc) is 3.04. The first-order valence-electron chi connectivity index (χ1n) is 15.5. The summed E-state index contributed by atoms with van der Waals surface area (Å²) >= 11 is 6.23. The number of Topliss-reactive ketones (excluding diaryl/α,β-unsaturated/α-hetero) is 1. The zero-order valence-electron chi connectivity index (χ0n) is 26.0. The average molecular weight is 677 g/mol. The third-order valence-electron chi connectivity index (χ3n) is 9.40. The van der Waals surface area contributed by atoms with Crippen molar-refractivity contribution in [3.8, 4) is 0 Å². The molecule has 0 aromatic heterocycles. The minimum absolute atomic E-state index is 0.0540. The van der Waals surface area contributed by atoms with Crippen LogP contribution in [-0.4, -0.2) is 43.8 Å². The van der Waals surface area contributed by atoms with E-state index >= 15 is 0 Å². The molecule has 7 nitrogen and oxygen atoms in total. The van der Waals surface area contributed by atoms with Crippen molar-refractivity contribution in [2.75, 3.05) is 6.54 Å². The van der Waals surface area contributed by atoms with Gasteiger partial charge in [0.05, 0.1) is 21.9 Å². The minimum Gasteiger partial charge on any atom is -0.299 e. The molecule has 4 atom stereocenters. The zero-order valence-corrected chi connectivity index (χ0v) is 28.4. The smallest absolute Gasteiger partial charge is 0.243 e. The second-order valence-electron chi connectivity index (χ2n) is 12.2. The lowest BCUT2D eigenvalue weighted by atomic mass is 9.77. The number of rotatable bonds is 7. The fourth-order valence-electron chi connectivity index (χ4n) is 6.86. The molecule has 0 saturated carbocycles. The Morgan fingerprint density at radius 2 is 1.37 bits per heavy atom. The van der Waals surface area contributed by atoms with Crippen molar-refractivity contribution in [2.45, 2.75) is 68.0 Å². The van der Waals surface area contributed by atoms with Gasteiger partial charge in [-0.1, -0.05) is 90.8 Å². The molecule has 6 rings (SSSR count). The molecule has 2 aliphatic rings. The number of halogens is 1. The summed E-state index contributed by atoms with van der Waals surface area (Å²) in [6.45, 7) is 5.54. The number of ketones is 1. The monoisotopic (exact) mass is 676 g/mol. The van der Waals surface area contributed by atoms with Gasteiger partial charge in [0.25, 0.3) is 0 Å². The van der Waals surface area contributed by atoms with Crippen LogP contribution in [-0.2, 0) is 31.3 Å². The molecular weight excluding hydrogens is 640 g/mol. The lowest BCUT2D eigenvalue weighted by Crippen LogP contribution is -2.60. The zero-order chi connectivity index (χ0) is 32.8. The molecule has 4 aromatic carbocycles. The number of carbonyl (C=O) groups is 1. The first-order valence-corrected chi connectivity index (χ1v) is 18.7. The number of hydrogen-bond donors (Lipinski definition) is 0. The van der Waals surface area contributed by atoms with E-state index in [1.807, 2.05) is 38.1 Å². The quantitative estimate of drug-likeness (QED) is 0.209. The molecule has 10 heteroatoms. The Bertz CT molecular complexity index is 1960. The molecule has 2 aliphatic heterocycles. The predicted molar refractivity (Wildman–Crippen MR) is 180 cm³/mol. The Balaban J connectivity index is 1.51. The lowest BCUT2D eigenvalue weighted by molar-refractivity contribution is -0.132. The summed E-state index contributed by atoms with van der Waals surface area (Å²) in [6.07, 6.45) is 0.868. The lowest BCUT2D eigenvalue weighted by Gasteiger charge is -2.51. The molecule has 4 aromatic rings. The highest BCUT2D eigenvalue weighted by molar-refractivity contribution is 7.89. The first-order chi connectivity index (χ1) is 21.9. The van der Waals surface area contributed by atoms with E-state index in [0.29, 0.717) is 16.1 Å². The fourth-order valence-corrected chi connectivity index (χ4v) is 10.7. The molecule has 46 heavy (non-hydrogen) atoms. The van der Waals surface area contributed by atoms with Crippen LogP contribution >= 0.6 is 11.6 Å². The van der Waals surface area contributed by atoms with Gasteiger partial charge in [-0.25, -0.2) is 16.8 Å². The molecule has 2 heterocycles. The SMILES string of the molecule is CCc1ccc([C@@H]2CC(=O)[C@@H]3CN(S(=O)(=O)c4ccccc4C)[C@H](c4ccc(Cl)cc4)C[C@@H]3N2S(=O)(=O)c2ccc(C)cc2)cc1. The van der Waals surface area contributed by atoms with Gasteiger partial charge in [0.1, 0.15) is 5.78 Å². The third-order valence-corrected chi connectivity index (χ3v) is 13.6. The highest BCUT2D eigenvalue weighted by Crippen LogP contribution is 2.48. The van der Waals surface area contributed by atoms with E-state index in [1.165, 1.54) is 8.61 Å². The number of benzene rings is 4. The van der Waals surface area contributed by atoms with Crippen LogP contribution < -0.4 is 0 Å². The number of fused-ring (bicyclic) bond motifs is 1. The van der Waals surface area contributed by atoms with Gasteiger partial charge in [-0.05, 0) is 79.3 Å².